The first-order valence-corrected chi connectivity index (χ1v) is 13.5. The molecule has 0 amide bonds. The zero-order valence-electron chi connectivity index (χ0n) is 20.4. The van der Waals surface area contributed by atoms with Crippen LogP contribution in [-0.4, -0.2) is 24.8 Å². The predicted octanol–water partition coefficient (Wildman–Crippen LogP) is 5.43. The lowest BCUT2D eigenvalue weighted by atomic mass is 10.1. The molecular formula is C27H27F2N3O4S. The van der Waals surface area contributed by atoms with Crippen LogP contribution in [0.15, 0.2) is 83.7 Å². The first-order chi connectivity index (χ1) is 17.7. The Kier molecular flexibility index (Phi) is 7.51. The van der Waals surface area contributed by atoms with Gasteiger partial charge in [0.05, 0.1) is 5.70 Å². The van der Waals surface area contributed by atoms with Gasteiger partial charge in [0.2, 0.25) is 0 Å². The second-order valence-corrected chi connectivity index (χ2v) is 10.1. The number of fused-ring (bicyclic) bond motifs is 1. The molecule has 2 heterocycles. The highest BCUT2D eigenvalue weighted by atomic mass is 32.2. The van der Waals surface area contributed by atoms with Crippen LogP contribution < -0.4 is 15.4 Å². The van der Waals surface area contributed by atoms with Crippen LogP contribution in [0.2, 0.25) is 0 Å². The Hall–Kier alpha value is -3.89. The van der Waals surface area contributed by atoms with Gasteiger partial charge in [-0.3, -0.25) is 0 Å². The number of nitrogens with one attached hydrogen (secondary N) is 3. The third-order valence-electron chi connectivity index (χ3n) is 5.71. The number of hydrogen-bond donors (Lipinski definition) is 4. The number of sulfone groups is 1. The van der Waals surface area contributed by atoms with Crippen molar-refractivity contribution in [2.24, 2.45) is 0 Å². The summed E-state index contributed by atoms with van der Waals surface area (Å²) in [6.45, 7) is 4.00. The molecule has 2 unspecified atom stereocenters. The van der Waals surface area contributed by atoms with E-state index in [1.54, 1.807) is 30.5 Å². The van der Waals surface area contributed by atoms with Gasteiger partial charge in [0.25, 0.3) is 0 Å². The van der Waals surface area contributed by atoms with E-state index >= 15 is 0 Å². The van der Waals surface area contributed by atoms with E-state index in [1.165, 1.54) is 24.4 Å². The van der Waals surface area contributed by atoms with Gasteiger partial charge in [0.15, 0.2) is 21.4 Å². The maximum Gasteiger partial charge on any atom is 0.182 e. The topological polar surface area (TPSA) is 103 Å². The van der Waals surface area contributed by atoms with Gasteiger partial charge < -0.3 is 25.5 Å². The number of benzene rings is 3. The van der Waals surface area contributed by atoms with Crippen molar-refractivity contribution in [2.45, 2.75) is 31.0 Å². The smallest absolute Gasteiger partial charge is 0.182 e. The molecule has 4 N–H and O–H groups in total. The molecule has 7 nitrogen and oxygen atoms in total. The van der Waals surface area contributed by atoms with Crippen molar-refractivity contribution < 1.29 is 27.0 Å². The van der Waals surface area contributed by atoms with E-state index in [9.17, 15) is 22.3 Å². The molecule has 1 aliphatic rings. The fourth-order valence-corrected chi connectivity index (χ4v) is 5.13. The number of rotatable bonds is 6. The SMILES string of the molecule is CC.CS(=O)(=O)c1c(Oc2ccc(F)c(C3NC=C(C(O)c4ccccc4)N3)c2)c(F)cc2[nH]ccc12. The van der Waals surface area contributed by atoms with Gasteiger partial charge in [0, 0.05) is 41.2 Å². The van der Waals surface area contributed by atoms with Crippen LogP contribution in [-0.2, 0) is 9.84 Å². The van der Waals surface area contributed by atoms with E-state index in [-0.39, 0.29) is 21.6 Å². The van der Waals surface area contributed by atoms with Crippen LogP contribution in [0.5, 0.6) is 11.5 Å². The third kappa shape index (κ3) is 5.30. The molecule has 1 aliphatic heterocycles. The minimum absolute atomic E-state index is 0.0424. The normalized spacial score (nSPS) is 15.7. The molecule has 37 heavy (non-hydrogen) atoms. The summed E-state index contributed by atoms with van der Waals surface area (Å²) in [5, 5.41) is 16.9. The molecule has 3 aromatic carbocycles. The summed E-state index contributed by atoms with van der Waals surface area (Å²) in [6.07, 6.45) is 2.34. The highest BCUT2D eigenvalue weighted by Crippen LogP contribution is 2.38. The average Bonchev–Trinajstić information content (AvgIpc) is 3.56. The molecule has 0 radical (unpaired) electrons. The molecule has 0 bridgehead atoms. The summed E-state index contributed by atoms with van der Waals surface area (Å²) < 4.78 is 60.3. The standard InChI is InChI=1S/C25H21F2N3O4S.C2H6/c1-35(32,33)24-16-9-10-28-20(16)12-19(27)23(24)34-15-7-8-18(26)17(11-15)25-29-13-21(30-25)22(31)14-5-3-2-4-6-14;1-2/h2-13,22,25,28-31H,1H3;1-2H3. The van der Waals surface area contributed by atoms with E-state index < -0.39 is 39.5 Å². The van der Waals surface area contributed by atoms with Crippen molar-refractivity contribution in [3.05, 3.63) is 102 Å². The van der Waals surface area contributed by atoms with Gasteiger partial charge in [-0.2, -0.15) is 0 Å². The van der Waals surface area contributed by atoms with Crippen molar-refractivity contribution in [1.29, 1.82) is 0 Å². The molecule has 1 aromatic heterocycles. The van der Waals surface area contributed by atoms with Crippen LogP contribution in [0.4, 0.5) is 8.78 Å². The molecular weight excluding hydrogens is 500 g/mol. The molecule has 0 spiro atoms. The first kappa shape index (κ1) is 26.2. The largest absolute Gasteiger partial charge is 0.453 e. The predicted molar refractivity (Wildman–Crippen MR) is 138 cm³/mol. The van der Waals surface area contributed by atoms with Gasteiger partial charge in [0.1, 0.15) is 28.7 Å². The first-order valence-electron chi connectivity index (χ1n) is 11.6. The molecule has 0 saturated carbocycles. The van der Waals surface area contributed by atoms with Crippen molar-refractivity contribution in [3.63, 3.8) is 0 Å². The summed E-state index contributed by atoms with van der Waals surface area (Å²) in [6, 6.07) is 15.4. The minimum atomic E-state index is -3.87. The van der Waals surface area contributed by atoms with E-state index in [1.807, 2.05) is 19.9 Å². The Balaban J connectivity index is 0.00000156. The zero-order valence-corrected chi connectivity index (χ0v) is 21.2. The van der Waals surface area contributed by atoms with Gasteiger partial charge >= 0.3 is 0 Å². The highest BCUT2D eigenvalue weighted by Gasteiger charge is 2.27. The molecule has 10 heteroatoms. The third-order valence-corrected chi connectivity index (χ3v) is 6.86. The number of halogens is 2. The Morgan fingerprint density at radius 2 is 1.73 bits per heavy atom. The summed E-state index contributed by atoms with van der Waals surface area (Å²) in [5.74, 6) is -1.88. The van der Waals surface area contributed by atoms with Gasteiger partial charge in [-0.05, 0) is 29.8 Å². The molecule has 5 rings (SSSR count). The number of hydrogen-bond acceptors (Lipinski definition) is 6. The van der Waals surface area contributed by atoms with Crippen molar-refractivity contribution in [1.82, 2.24) is 15.6 Å². The molecule has 2 atom stereocenters. The van der Waals surface area contributed by atoms with Crippen LogP contribution in [0.3, 0.4) is 0 Å². The van der Waals surface area contributed by atoms with Crippen molar-refractivity contribution >= 4 is 20.7 Å². The summed E-state index contributed by atoms with van der Waals surface area (Å²) in [7, 11) is -3.87. The Labute approximate surface area is 213 Å². The van der Waals surface area contributed by atoms with Gasteiger partial charge in [-0.25, -0.2) is 17.2 Å². The van der Waals surface area contributed by atoms with E-state index in [4.69, 9.17) is 4.74 Å². The number of H-pyrrole nitrogens is 1. The van der Waals surface area contributed by atoms with Crippen LogP contribution in [0, 0.1) is 11.6 Å². The maximum atomic E-state index is 14.9. The summed E-state index contributed by atoms with van der Waals surface area (Å²) in [4.78, 5) is 2.49. The number of aliphatic hydroxyl groups is 1. The molecule has 0 fully saturated rings. The molecule has 194 valence electrons. The lowest BCUT2D eigenvalue weighted by Crippen LogP contribution is -2.25. The average molecular weight is 528 g/mol. The Bertz CT molecular complexity index is 1550. The van der Waals surface area contributed by atoms with Crippen molar-refractivity contribution in [2.75, 3.05) is 6.26 Å². The second-order valence-electron chi connectivity index (χ2n) is 8.17. The number of aromatic amines is 1. The van der Waals surface area contributed by atoms with Gasteiger partial charge in [-0.15, -0.1) is 0 Å². The van der Waals surface area contributed by atoms with Crippen LogP contribution in [0.1, 0.15) is 37.2 Å². The second kappa shape index (κ2) is 10.6. The quantitative estimate of drug-likeness (QED) is 0.267. The molecule has 4 aromatic rings. The maximum absolute atomic E-state index is 14.9. The monoisotopic (exact) mass is 527 g/mol. The number of ether oxygens (including phenoxy) is 1. The van der Waals surface area contributed by atoms with E-state index in [0.717, 1.165) is 18.4 Å². The van der Waals surface area contributed by atoms with Crippen LogP contribution >= 0.6 is 0 Å². The van der Waals surface area contributed by atoms with E-state index in [2.05, 4.69) is 15.6 Å². The fourth-order valence-electron chi connectivity index (χ4n) is 4.07. The fraction of sp³-hybridized carbons (Fsp3) is 0.185. The highest BCUT2D eigenvalue weighted by molar-refractivity contribution is 7.91. The van der Waals surface area contributed by atoms with Gasteiger partial charge in [-0.1, -0.05) is 44.2 Å². The molecule has 0 aliphatic carbocycles. The Morgan fingerprint density at radius 3 is 2.43 bits per heavy atom. The summed E-state index contributed by atoms with van der Waals surface area (Å²) >= 11 is 0. The molecule has 0 saturated heterocycles. The van der Waals surface area contributed by atoms with E-state index in [0.29, 0.717) is 16.8 Å². The minimum Gasteiger partial charge on any atom is -0.453 e. The van der Waals surface area contributed by atoms with Crippen molar-refractivity contribution in [3.8, 4) is 11.5 Å². The van der Waals surface area contributed by atoms with Crippen LogP contribution in [0.25, 0.3) is 10.9 Å². The number of aliphatic hydroxyl groups excluding tert-OH is 1. The lowest BCUT2D eigenvalue weighted by molar-refractivity contribution is 0.206. The lowest BCUT2D eigenvalue weighted by Gasteiger charge is -2.19. The zero-order chi connectivity index (χ0) is 26.7. The number of aromatic nitrogens is 1. The Morgan fingerprint density at radius 1 is 1.00 bits per heavy atom. The summed E-state index contributed by atoms with van der Waals surface area (Å²) in [5.41, 5.74) is 1.55.